The number of aromatic nitrogens is 7. The predicted molar refractivity (Wildman–Crippen MR) is 146 cm³/mol. The van der Waals surface area contributed by atoms with Crippen molar-refractivity contribution < 1.29 is 4.79 Å². The van der Waals surface area contributed by atoms with Gasteiger partial charge in [0.1, 0.15) is 5.52 Å². The Morgan fingerprint density at radius 2 is 1.82 bits per heavy atom. The molecule has 0 aliphatic carbocycles. The van der Waals surface area contributed by atoms with E-state index >= 15 is 0 Å². The highest BCUT2D eigenvalue weighted by molar-refractivity contribution is 5.96. The molecule has 38 heavy (non-hydrogen) atoms. The first kappa shape index (κ1) is 23.4. The fourth-order valence-electron chi connectivity index (χ4n) is 4.17. The van der Waals surface area contributed by atoms with E-state index in [2.05, 4.69) is 35.5 Å². The molecule has 0 fully saturated rings. The fraction of sp³-hybridized carbons (Fsp3) is 0.179. The summed E-state index contributed by atoms with van der Waals surface area (Å²) >= 11 is 0. The summed E-state index contributed by atoms with van der Waals surface area (Å²) in [5, 5.41) is 10.5. The lowest BCUT2D eigenvalue weighted by atomic mass is 9.95. The minimum absolute atomic E-state index is 0.0842. The molecule has 6 heterocycles. The van der Waals surface area contributed by atoms with Crippen LogP contribution in [0.5, 0.6) is 0 Å². The number of nitrogens with zero attached hydrogens (tertiary/aromatic N) is 6. The largest absolute Gasteiger partial charge is 0.338 e. The molecule has 1 aliphatic rings. The second kappa shape index (κ2) is 9.15. The number of rotatable bonds is 4. The second-order valence-corrected chi connectivity index (χ2v) is 10.0. The molecule has 0 aromatic carbocycles. The number of hydrogen-bond acceptors (Lipinski definition) is 7. The number of carbonyl (C=O) groups is 1. The first-order chi connectivity index (χ1) is 18.4. The molecular formula is C28H25N9O. The highest BCUT2D eigenvalue weighted by Gasteiger charge is 2.23. The molecule has 188 valence electrons. The topological polar surface area (TPSA) is 137 Å². The number of imidazole rings is 1. The van der Waals surface area contributed by atoms with E-state index < -0.39 is 5.41 Å². The first-order valence-corrected chi connectivity index (χ1v) is 12.2. The van der Waals surface area contributed by atoms with Gasteiger partial charge in [-0.15, -0.1) is 0 Å². The maximum Gasteiger partial charge on any atom is 0.229 e. The van der Waals surface area contributed by atoms with Crippen LogP contribution in [0.4, 0.5) is 5.69 Å². The summed E-state index contributed by atoms with van der Waals surface area (Å²) in [6.07, 6.45) is 10.6. The van der Waals surface area contributed by atoms with Crippen molar-refractivity contribution in [1.29, 1.82) is 0 Å². The zero-order valence-electron chi connectivity index (χ0n) is 21.1. The van der Waals surface area contributed by atoms with Crippen LogP contribution in [0, 0.1) is 5.41 Å². The van der Waals surface area contributed by atoms with E-state index in [-0.39, 0.29) is 5.91 Å². The van der Waals surface area contributed by atoms with Gasteiger partial charge >= 0.3 is 0 Å². The maximum atomic E-state index is 12.4. The molecule has 0 atom stereocenters. The quantitative estimate of drug-likeness (QED) is 0.322. The molecule has 5 aromatic rings. The lowest BCUT2D eigenvalue weighted by Gasteiger charge is -2.17. The van der Waals surface area contributed by atoms with Crippen LogP contribution in [0.1, 0.15) is 37.7 Å². The Morgan fingerprint density at radius 3 is 2.63 bits per heavy atom. The minimum atomic E-state index is -0.516. The minimum Gasteiger partial charge on any atom is -0.338 e. The van der Waals surface area contributed by atoms with Crippen LogP contribution in [0.15, 0.2) is 66.2 Å². The maximum absolute atomic E-state index is 12.4. The molecule has 10 heteroatoms. The van der Waals surface area contributed by atoms with Crippen LogP contribution in [0.2, 0.25) is 0 Å². The average Bonchev–Trinajstić information content (AvgIpc) is 3.47. The second-order valence-electron chi connectivity index (χ2n) is 10.0. The van der Waals surface area contributed by atoms with Gasteiger partial charge < -0.3 is 10.3 Å². The number of carbonyl (C=O) groups excluding carboxylic acids is 1. The Hall–Kier alpha value is -4.99. The van der Waals surface area contributed by atoms with Crippen molar-refractivity contribution in [2.75, 3.05) is 5.32 Å². The third-order valence-electron chi connectivity index (χ3n) is 6.23. The van der Waals surface area contributed by atoms with Crippen LogP contribution in [-0.2, 0) is 11.3 Å². The molecule has 1 aliphatic heterocycles. The van der Waals surface area contributed by atoms with E-state index in [1.165, 1.54) is 0 Å². The van der Waals surface area contributed by atoms with Crippen molar-refractivity contribution in [2.45, 2.75) is 27.3 Å². The first-order valence-electron chi connectivity index (χ1n) is 12.2. The van der Waals surface area contributed by atoms with E-state index in [0.29, 0.717) is 35.0 Å². The highest BCUT2D eigenvalue weighted by Crippen LogP contribution is 2.32. The molecular weight excluding hydrogens is 478 g/mol. The number of pyridine rings is 3. The number of aliphatic imine (C=N–C) groups is 1. The Balaban J connectivity index is 1.38. The van der Waals surface area contributed by atoms with Gasteiger partial charge in [0.25, 0.3) is 0 Å². The van der Waals surface area contributed by atoms with E-state index in [1.54, 1.807) is 31.0 Å². The van der Waals surface area contributed by atoms with Crippen molar-refractivity contribution in [3.63, 3.8) is 0 Å². The molecule has 6 rings (SSSR count). The molecule has 0 bridgehead atoms. The Labute approximate surface area is 218 Å². The van der Waals surface area contributed by atoms with Crippen molar-refractivity contribution in [3.8, 4) is 22.8 Å². The third kappa shape index (κ3) is 4.36. The lowest BCUT2D eigenvalue weighted by Crippen LogP contribution is -2.27. The van der Waals surface area contributed by atoms with E-state index in [9.17, 15) is 4.79 Å². The SMILES string of the molecule is CC(C)(C)C(=O)Nc1cncc(-c2ccc3[nH]nc(-c4nc5c([nH]4)CN=CC=C5c4ccncc4)c3n2)c1. The van der Waals surface area contributed by atoms with Gasteiger partial charge in [-0.1, -0.05) is 20.8 Å². The van der Waals surface area contributed by atoms with Crippen molar-refractivity contribution >= 4 is 34.4 Å². The molecule has 10 nitrogen and oxygen atoms in total. The number of amides is 1. The number of nitrogens with one attached hydrogen (secondary N) is 3. The molecule has 3 N–H and O–H groups in total. The third-order valence-corrected chi connectivity index (χ3v) is 6.23. The monoisotopic (exact) mass is 503 g/mol. The van der Waals surface area contributed by atoms with Crippen molar-refractivity contribution in [2.24, 2.45) is 10.4 Å². The number of fused-ring (bicyclic) bond motifs is 2. The number of hydrogen-bond donors (Lipinski definition) is 3. The summed E-state index contributed by atoms with van der Waals surface area (Å²) in [6.45, 7) is 6.08. The number of H-pyrrole nitrogens is 2. The zero-order chi connectivity index (χ0) is 26.3. The van der Waals surface area contributed by atoms with Gasteiger partial charge in [-0.25, -0.2) is 9.97 Å². The Kier molecular flexibility index (Phi) is 5.64. The summed E-state index contributed by atoms with van der Waals surface area (Å²) in [5.74, 6) is 0.520. The Bertz CT molecular complexity index is 1720. The van der Waals surface area contributed by atoms with Crippen LogP contribution < -0.4 is 5.32 Å². The van der Waals surface area contributed by atoms with Gasteiger partial charge in [0.15, 0.2) is 11.5 Å². The number of aromatic amines is 2. The van der Waals surface area contributed by atoms with Gasteiger partial charge in [-0.05, 0) is 42.0 Å². The van der Waals surface area contributed by atoms with Crippen LogP contribution in [-0.4, -0.2) is 47.2 Å². The molecule has 0 saturated carbocycles. The molecule has 0 spiro atoms. The summed E-state index contributed by atoms with van der Waals surface area (Å²) in [4.78, 5) is 38.6. The van der Waals surface area contributed by atoms with E-state index in [0.717, 1.165) is 33.6 Å². The predicted octanol–water partition coefficient (Wildman–Crippen LogP) is 4.81. The number of allylic oxidation sites excluding steroid dienone is 1. The van der Waals surface area contributed by atoms with Gasteiger partial charge in [-0.2, -0.15) is 5.10 Å². The Morgan fingerprint density at radius 1 is 0.974 bits per heavy atom. The zero-order valence-corrected chi connectivity index (χ0v) is 21.1. The summed E-state index contributed by atoms with van der Waals surface area (Å²) in [6, 6.07) is 9.59. The molecule has 0 radical (unpaired) electrons. The summed E-state index contributed by atoms with van der Waals surface area (Å²) in [5.41, 5.74) is 7.33. The van der Waals surface area contributed by atoms with E-state index in [4.69, 9.17) is 9.97 Å². The van der Waals surface area contributed by atoms with Crippen molar-refractivity contribution in [1.82, 2.24) is 35.1 Å². The van der Waals surface area contributed by atoms with Gasteiger partial charge in [0, 0.05) is 41.4 Å². The van der Waals surface area contributed by atoms with Gasteiger partial charge in [-0.3, -0.25) is 24.9 Å². The molecule has 5 aromatic heterocycles. The van der Waals surface area contributed by atoms with Crippen molar-refractivity contribution in [3.05, 3.63) is 78.1 Å². The lowest BCUT2D eigenvalue weighted by molar-refractivity contribution is -0.123. The van der Waals surface area contributed by atoms with Crippen LogP contribution in [0.3, 0.4) is 0 Å². The van der Waals surface area contributed by atoms with Crippen LogP contribution in [0.25, 0.3) is 39.4 Å². The average molecular weight is 504 g/mol. The summed E-state index contributed by atoms with van der Waals surface area (Å²) in [7, 11) is 0. The standard InChI is InChI=1S/C28H25N9O/c1-28(2,3)27(38)32-18-12-17(13-31-14-18)20-4-5-21-24(33-20)25(37-36-21)26-34-22-15-30-11-8-19(23(22)35-26)16-6-9-29-10-7-16/h4-14H,15H2,1-3H3,(H,32,38)(H,34,35)(H,36,37). The summed E-state index contributed by atoms with van der Waals surface area (Å²) < 4.78 is 0. The smallest absolute Gasteiger partial charge is 0.229 e. The number of anilines is 1. The highest BCUT2D eigenvalue weighted by atomic mass is 16.2. The molecule has 0 unspecified atom stereocenters. The van der Waals surface area contributed by atoms with E-state index in [1.807, 2.05) is 57.2 Å². The molecule has 0 saturated heterocycles. The molecule has 1 amide bonds. The van der Waals surface area contributed by atoms with Gasteiger partial charge in [0.2, 0.25) is 5.91 Å². The normalized spacial score (nSPS) is 13.2. The van der Waals surface area contributed by atoms with Gasteiger partial charge in [0.05, 0.1) is 41.0 Å². The fourth-order valence-corrected chi connectivity index (χ4v) is 4.17. The van der Waals surface area contributed by atoms with Crippen LogP contribution >= 0.6 is 0 Å².